The van der Waals surface area contributed by atoms with Crippen molar-refractivity contribution in [1.82, 2.24) is 14.3 Å². The molecule has 0 spiro atoms. The molecule has 0 N–H and O–H groups in total. The Labute approximate surface area is 198 Å². The Kier molecular flexibility index (Phi) is 7.53. The molecule has 0 aliphatic heterocycles. The van der Waals surface area contributed by atoms with E-state index in [-0.39, 0.29) is 23.7 Å². The van der Waals surface area contributed by atoms with Crippen molar-refractivity contribution in [3.8, 4) is 11.7 Å². The molecule has 0 fully saturated rings. The maximum absolute atomic E-state index is 13.2. The first-order valence-corrected chi connectivity index (χ1v) is 10.9. The molecule has 0 bridgehead atoms. The molecule has 0 unspecified atom stereocenters. The summed E-state index contributed by atoms with van der Waals surface area (Å²) < 4.78 is 86.5. The maximum Gasteiger partial charge on any atom is 0.416 e. The highest BCUT2D eigenvalue weighted by atomic mass is 32.2. The predicted molar refractivity (Wildman–Crippen MR) is 117 cm³/mol. The second-order valence-electron chi connectivity index (χ2n) is 7.03. The molecule has 0 saturated carbocycles. The van der Waals surface area contributed by atoms with Crippen molar-refractivity contribution in [3.63, 3.8) is 0 Å². The number of nitrogens with zero attached hydrogens (tertiary/aromatic N) is 4. The van der Waals surface area contributed by atoms with Crippen LogP contribution in [0, 0.1) is 0 Å². The second-order valence-corrected chi connectivity index (χ2v) is 7.82. The van der Waals surface area contributed by atoms with E-state index in [2.05, 4.69) is 10.3 Å². The molecule has 7 nitrogen and oxygen atoms in total. The third kappa shape index (κ3) is 5.81. The fourth-order valence-corrected chi connectivity index (χ4v) is 3.56. The monoisotopic (exact) mass is 520 g/mol. The molecule has 1 heterocycles. The number of halogens is 6. The van der Waals surface area contributed by atoms with Crippen LogP contribution in [0.5, 0.6) is 6.01 Å². The summed E-state index contributed by atoms with van der Waals surface area (Å²) in [6, 6.07) is 7.68. The Balaban J connectivity index is 1.96. The predicted octanol–water partition coefficient (Wildman–Crippen LogP) is 4.86. The smallest absolute Gasteiger partial charge is 0.416 e. The van der Waals surface area contributed by atoms with Gasteiger partial charge in [-0.05, 0) is 30.5 Å². The Morgan fingerprint density at radius 3 is 2.20 bits per heavy atom. The quantitative estimate of drug-likeness (QED) is 0.201. The summed E-state index contributed by atoms with van der Waals surface area (Å²) in [5, 5.41) is 7.52. The zero-order valence-corrected chi connectivity index (χ0v) is 19.3. The van der Waals surface area contributed by atoms with Crippen molar-refractivity contribution >= 4 is 16.8 Å². The first-order chi connectivity index (χ1) is 16.4. The Bertz CT molecular complexity index is 1270. The van der Waals surface area contributed by atoms with Crippen LogP contribution in [0.25, 0.3) is 5.69 Å². The summed E-state index contributed by atoms with van der Waals surface area (Å²) in [6.07, 6.45) is -8.55. The van der Waals surface area contributed by atoms with Gasteiger partial charge in [-0.3, -0.25) is 0 Å². The van der Waals surface area contributed by atoms with E-state index in [1.54, 1.807) is 24.3 Å². The molecule has 0 amide bonds. The number of thioether (sulfide) groups is 1. The molecule has 2 aromatic carbocycles. The lowest BCUT2D eigenvalue weighted by Gasteiger charge is -2.14. The van der Waals surface area contributed by atoms with Gasteiger partial charge in [-0.15, -0.1) is 16.9 Å². The van der Waals surface area contributed by atoms with Gasteiger partial charge in [0.2, 0.25) is 0 Å². The normalized spacial score (nSPS) is 12.7. The second kappa shape index (κ2) is 10.1. The highest BCUT2D eigenvalue weighted by molar-refractivity contribution is 8.13. The fraction of sp³-hybridized carbons (Fsp3) is 0.286. The lowest BCUT2D eigenvalue weighted by Crippen LogP contribution is -2.22. The van der Waals surface area contributed by atoms with Gasteiger partial charge in [0, 0.05) is 18.2 Å². The zero-order chi connectivity index (χ0) is 26.0. The van der Waals surface area contributed by atoms with E-state index in [1.807, 2.05) is 0 Å². The highest BCUT2D eigenvalue weighted by Gasteiger charge is 2.37. The summed E-state index contributed by atoms with van der Waals surface area (Å²) in [7, 11) is 2.76. The van der Waals surface area contributed by atoms with Crippen molar-refractivity contribution in [2.75, 3.05) is 13.4 Å². The summed E-state index contributed by atoms with van der Waals surface area (Å²) in [5.41, 5.74) is -3.05. The molecule has 188 valence electrons. The van der Waals surface area contributed by atoms with Gasteiger partial charge in [-0.2, -0.15) is 26.3 Å². The molecule has 0 atom stereocenters. The van der Waals surface area contributed by atoms with Gasteiger partial charge in [-0.1, -0.05) is 23.4 Å². The van der Waals surface area contributed by atoms with Gasteiger partial charge in [0.25, 0.3) is 0 Å². The van der Waals surface area contributed by atoms with Gasteiger partial charge in [-0.25, -0.2) is 14.0 Å². The third-order valence-electron chi connectivity index (χ3n) is 4.71. The van der Waals surface area contributed by atoms with Crippen LogP contribution in [0.15, 0.2) is 52.4 Å². The minimum absolute atomic E-state index is 0.00176. The number of aryl methyl sites for hydroxylation is 1. The molecule has 14 heteroatoms. The number of rotatable bonds is 6. The maximum atomic E-state index is 13.2. The van der Waals surface area contributed by atoms with E-state index >= 15 is 0 Å². The number of methoxy groups -OCH3 is 1. The zero-order valence-electron chi connectivity index (χ0n) is 18.4. The number of hydrogen-bond acceptors (Lipinski definition) is 6. The minimum atomic E-state index is -4.99. The lowest BCUT2D eigenvalue weighted by atomic mass is 10.1. The van der Waals surface area contributed by atoms with Gasteiger partial charge >= 0.3 is 24.1 Å². The van der Waals surface area contributed by atoms with E-state index in [4.69, 9.17) is 9.57 Å². The number of hydrogen-bond donors (Lipinski definition) is 0. The standard InChI is InChI=1S/C21H18F6N4O3S/c1-30-19(32)31(18(28-30)33-2)16-7-5-4-6-12(16)11-34-29-17(35-3)13-8-14(20(22,23)24)10-15(9-13)21(25,26)27/h4-10H,11H2,1-3H3. The van der Waals surface area contributed by atoms with Crippen LogP contribution in [0.1, 0.15) is 22.3 Å². The van der Waals surface area contributed by atoms with E-state index < -0.39 is 34.7 Å². The van der Waals surface area contributed by atoms with Crippen LogP contribution in [-0.2, 0) is 30.8 Å². The van der Waals surface area contributed by atoms with Gasteiger partial charge < -0.3 is 9.57 Å². The van der Waals surface area contributed by atoms with E-state index in [9.17, 15) is 31.1 Å². The lowest BCUT2D eigenvalue weighted by molar-refractivity contribution is -0.143. The average molecular weight is 520 g/mol. The van der Waals surface area contributed by atoms with Crippen LogP contribution in [0.2, 0.25) is 0 Å². The van der Waals surface area contributed by atoms with Crippen LogP contribution in [-0.4, -0.2) is 32.8 Å². The number of alkyl halides is 6. The van der Waals surface area contributed by atoms with Crippen LogP contribution < -0.4 is 10.4 Å². The Morgan fingerprint density at radius 2 is 1.66 bits per heavy atom. The average Bonchev–Trinajstić information content (AvgIpc) is 3.09. The van der Waals surface area contributed by atoms with Crippen molar-refractivity contribution in [3.05, 3.63) is 75.2 Å². The first-order valence-electron chi connectivity index (χ1n) is 9.69. The number of para-hydroxylation sites is 1. The fourth-order valence-electron chi connectivity index (χ4n) is 3.08. The molecule has 3 rings (SSSR count). The van der Waals surface area contributed by atoms with E-state index in [0.29, 0.717) is 23.4 Å². The van der Waals surface area contributed by atoms with Crippen LogP contribution in [0.3, 0.4) is 0 Å². The molecule has 35 heavy (non-hydrogen) atoms. The highest BCUT2D eigenvalue weighted by Crippen LogP contribution is 2.37. The number of ether oxygens (including phenoxy) is 1. The van der Waals surface area contributed by atoms with Crippen molar-refractivity contribution in [2.45, 2.75) is 19.0 Å². The van der Waals surface area contributed by atoms with Crippen LogP contribution >= 0.6 is 11.8 Å². The first kappa shape index (κ1) is 26.2. The topological polar surface area (TPSA) is 70.6 Å². The number of oxime groups is 1. The molecule has 0 saturated heterocycles. The van der Waals surface area contributed by atoms with E-state index in [1.165, 1.54) is 25.0 Å². The molecule has 3 aromatic rings. The summed E-state index contributed by atoms with van der Waals surface area (Å²) in [6.45, 7) is -0.254. The Morgan fingerprint density at radius 1 is 1.06 bits per heavy atom. The van der Waals surface area contributed by atoms with Crippen molar-refractivity contribution in [1.29, 1.82) is 0 Å². The van der Waals surface area contributed by atoms with Gasteiger partial charge in [0.1, 0.15) is 11.7 Å². The molecular weight excluding hydrogens is 502 g/mol. The molecular formula is C21H18F6N4O3S. The van der Waals surface area contributed by atoms with Gasteiger partial charge in [0.15, 0.2) is 0 Å². The third-order valence-corrected chi connectivity index (χ3v) is 5.40. The molecule has 0 aliphatic rings. The van der Waals surface area contributed by atoms with Crippen LogP contribution in [0.4, 0.5) is 26.3 Å². The minimum Gasteiger partial charge on any atom is -0.467 e. The molecule has 0 aliphatic carbocycles. The number of aromatic nitrogens is 3. The summed E-state index contributed by atoms with van der Waals surface area (Å²) in [5.74, 6) is 0. The largest absolute Gasteiger partial charge is 0.467 e. The van der Waals surface area contributed by atoms with Crippen molar-refractivity contribution in [2.24, 2.45) is 12.2 Å². The van der Waals surface area contributed by atoms with Gasteiger partial charge in [0.05, 0.1) is 23.9 Å². The summed E-state index contributed by atoms with van der Waals surface area (Å²) >= 11 is 0.811. The van der Waals surface area contributed by atoms with Crippen molar-refractivity contribution < 1.29 is 35.9 Å². The molecule has 1 aromatic heterocycles. The SMILES string of the molecule is COc1nn(C)c(=O)n1-c1ccccc1CON=C(SC)c1cc(C(F)(F)F)cc(C(F)(F)F)c1. The number of benzene rings is 2. The molecule has 0 radical (unpaired) electrons. The van der Waals surface area contributed by atoms with E-state index in [0.717, 1.165) is 16.4 Å². The summed E-state index contributed by atoms with van der Waals surface area (Å²) in [4.78, 5) is 17.7. The Hall–Kier alpha value is -3.42.